The van der Waals surface area contributed by atoms with Crippen LogP contribution >= 0.6 is 0 Å². The molecular formula is C28H28F6N6O6. The SMILES string of the molecule is O=C(Nc1ccc(OC(F)(F)F)cc1)Nc1cn(Cc2ccc(C(F)(F)F)cc2)c(C(=O)NCCOC(=O)CN2CCOCC2)n1. The second kappa shape index (κ2) is 15.0. The van der Waals surface area contributed by atoms with E-state index in [0.29, 0.717) is 31.9 Å². The molecule has 3 aromatic rings. The molecule has 0 aliphatic carbocycles. The Hall–Kier alpha value is -4.84. The predicted molar refractivity (Wildman–Crippen MR) is 149 cm³/mol. The molecule has 0 atom stereocenters. The van der Waals surface area contributed by atoms with Crippen LogP contribution in [0.4, 0.5) is 42.6 Å². The monoisotopic (exact) mass is 658 g/mol. The number of aromatic nitrogens is 2. The van der Waals surface area contributed by atoms with Gasteiger partial charge in [-0.15, -0.1) is 13.2 Å². The molecule has 46 heavy (non-hydrogen) atoms. The lowest BCUT2D eigenvalue weighted by molar-refractivity contribution is -0.274. The van der Waals surface area contributed by atoms with Crippen LogP contribution in [0.2, 0.25) is 0 Å². The molecule has 18 heteroatoms. The number of anilines is 2. The maximum absolute atomic E-state index is 13.0. The number of carbonyl (C=O) groups excluding carboxylic acids is 3. The second-order valence-corrected chi connectivity index (χ2v) is 9.79. The molecule has 12 nitrogen and oxygen atoms in total. The molecule has 2 aromatic carbocycles. The van der Waals surface area contributed by atoms with Gasteiger partial charge in [0.15, 0.2) is 5.82 Å². The van der Waals surface area contributed by atoms with Gasteiger partial charge in [-0.2, -0.15) is 13.2 Å². The molecule has 0 bridgehead atoms. The molecule has 3 amide bonds. The number of hydrogen-bond donors (Lipinski definition) is 3. The molecule has 1 aliphatic heterocycles. The van der Waals surface area contributed by atoms with Crippen molar-refractivity contribution in [2.24, 2.45) is 0 Å². The lowest BCUT2D eigenvalue weighted by Crippen LogP contribution is -2.40. The number of hydrogen-bond acceptors (Lipinski definition) is 8. The van der Waals surface area contributed by atoms with Crippen LogP contribution in [0.15, 0.2) is 54.7 Å². The van der Waals surface area contributed by atoms with Crippen molar-refractivity contribution in [2.75, 3.05) is 56.6 Å². The largest absolute Gasteiger partial charge is 0.573 e. The molecule has 0 spiro atoms. The van der Waals surface area contributed by atoms with Gasteiger partial charge in [-0.25, -0.2) is 9.78 Å². The molecule has 248 valence electrons. The number of rotatable bonds is 11. The summed E-state index contributed by atoms with van der Waals surface area (Å²) >= 11 is 0. The van der Waals surface area contributed by atoms with Crippen molar-refractivity contribution in [2.45, 2.75) is 19.1 Å². The van der Waals surface area contributed by atoms with E-state index in [1.807, 2.05) is 4.90 Å². The minimum atomic E-state index is -4.89. The Morgan fingerprint density at radius 2 is 1.59 bits per heavy atom. The zero-order valence-corrected chi connectivity index (χ0v) is 23.9. The number of alkyl halides is 6. The second-order valence-electron chi connectivity index (χ2n) is 9.79. The summed E-state index contributed by atoms with van der Waals surface area (Å²) in [6.07, 6.45) is -8.15. The fraction of sp³-hybridized carbons (Fsp3) is 0.357. The molecule has 0 saturated carbocycles. The van der Waals surface area contributed by atoms with Crippen molar-refractivity contribution in [3.05, 3.63) is 71.7 Å². The van der Waals surface area contributed by atoms with Crippen molar-refractivity contribution in [1.29, 1.82) is 0 Å². The number of nitrogens with zero attached hydrogens (tertiary/aromatic N) is 3. The fourth-order valence-corrected chi connectivity index (χ4v) is 4.19. The number of ether oxygens (including phenoxy) is 3. The number of morpholine rings is 1. The van der Waals surface area contributed by atoms with E-state index >= 15 is 0 Å². The zero-order chi connectivity index (χ0) is 33.3. The minimum Gasteiger partial charge on any atom is -0.463 e. The molecule has 2 heterocycles. The Morgan fingerprint density at radius 3 is 2.22 bits per heavy atom. The number of urea groups is 1. The zero-order valence-electron chi connectivity index (χ0n) is 23.9. The van der Waals surface area contributed by atoms with E-state index in [1.165, 1.54) is 22.9 Å². The lowest BCUT2D eigenvalue weighted by Gasteiger charge is -2.25. The van der Waals surface area contributed by atoms with Gasteiger partial charge in [-0.05, 0) is 42.0 Å². The van der Waals surface area contributed by atoms with Gasteiger partial charge in [0.25, 0.3) is 5.91 Å². The number of halogens is 6. The van der Waals surface area contributed by atoms with E-state index < -0.39 is 41.8 Å². The van der Waals surface area contributed by atoms with Crippen molar-refractivity contribution < 1.29 is 54.9 Å². The van der Waals surface area contributed by atoms with E-state index in [2.05, 4.69) is 25.7 Å². The highest BCUT2D eigenvalue weighted by atomic mass is 19.4. The van der Waals surface area contributed by atoms with Gasteiger partial charge in [-0.1, -0.05) is 12.1 Å². The Bertz CT molecular complexity index is 1490. The van der Waals surface area contributed by atoms with Gasteiger partial charge in [0.05, 0.1) is 31.9 Å². The first-order chi connectivity index (χ1) is 21.7. The molecule has 3 N–H and O–H groups in total. The van der Waals surface area contributed by atoms with Crippen LogP contribution in [0, 0.1) is 0 Å². The van der Waals surface area contributed by atoms with Crippen LogP contribution < -0.4 is 20.7 Å². The third-order valence-corrected chi connectivity index (χ3v) is 6.31. The quantitative estimate of drug-likeness (QED) is 0.159. The van der Waals surface area contributed by atoms with Crippen LogP contribution in [-0.4, -0.2) is 84.7 Å². The van der Waals surface area contributed by atoms with Gasteiger partial charge >= 0.3 is 24.5 Å². The number of carbonyl (C=O) groups is 3. The van der Waals surface area contributed by atoms with E-state index in [9.17, 15) is 40.7 Å². The first-order valence-electron chi connectivity index (χ1n) is 13.7. The van der Waals surface area contributed by atoms with E-state index in [4.69, 9.17) is 9.47 Å². The van der Waals surface area contributed by atoms with Gasteiger partial charge in [0.1, 0.15) is 12.4 Å². The summed E-state index contributed by atoms with van der Waals surface area (Å²) in [5.74, 6) is -2.06. The summed E-state index contributed by atoms with van der Waals surface area (Å²) < 4.78 is 91.6. The molecule has 1 aromatic heterocycles. The maximum Gasteiger partial charge on any atom is 0.573 e. The standard InChI is InChI=1S/C28H28F6N6O6/c29-27(30,31)19-3-1-18(2-4-19)15-40-16-22(38-26(43)36-20-5-7-21(8-6-20)46-28(32,33)34)37-24(40)25(42)35-9-12-45-23(41)17-39-10-13-44-14-11-39/h1-8,16H,9-15,17H2,(H,35,42)(H2,36,38,43). The van der Waals surface area contributed by atoms with Crippen molar-refractivity contribution in [1.82, 2.24) is 19.8 Å². The minimum absolute atomic E-state index is 0.0669. The van der Waals surface area contributed by atoms with Crippen molar-refractivity contribution >= 4 is 29.4 Å². The van der Waals surface area contributed by atoms with Crippen LogP contribution in [0.1, 0.15) is 21.7 Å². The average molecular weight is 659 g/mol. The van der Waals surface area contributed by atoms with Gasteiger partial charge < -0.3 is 29.4 Å². The highest BCUT2D eigenvalue weighted by molar-refractivity contribution is 6.00. The molecular weight excluding hydrogens is 630 g/mol. The molecule has 1 fully saturated rings. The van der Waals surface area contributed by atoms with E-state index in [-0.39, 0.29) is 43.6 Å². The number of imidazole rings is 1. The number of esters is 1. The summed E-state index contributed by atoms with van der Waals surface area (Å²) in [6, 6.07) is 7.67. The lowest BCUT2D eigenvalue weighted by atomic mass is 10.1. The average Bonchev–Trinajstić information content (AvgIpc) is 3.37. The Balaban J connectivity index is 1.39. The highest BCUT2D eigenvalue weighted by Gasteiger charge is 2.31. The molecule has 1 saturated heterocycles. The van der Waals surface area contributed by atoms with Crippen LogP contribution in [0.3, 0.4) is 0 Å². The smallest absolute Gasteiger partial charge is 0.463 e. The van der Waals surface area contributed by atoms with Crippen LogP contribution in [0.5, 0.6) is 5.75 Å². The summed E-state index contributed by atoms with van der Waals surface area (Å²) in [5.41, 5.74) is -0.369. The van der Waals surface area contributed by atoms with Gasteiger partial charge in [-0.3, -0.25) is 19.8 Å². The maximum atomic E-state index is 13.0. The third kappa shape index (κ3) is 10.7. The van der Waals surface area contributed by atoms with Gasteiger partial charge in [0.2, 0.25) is 5.82 Å². The molecule has 0 unspecified atom stereocenters. The summed E-state index contributed by atoms with van der Waals surface area (Å²) in [4.78, 5) is 43.6. The normalized spacial score (nSPS) is 14.0. The summed E-state index contributed by atoms with van der Waals surface area (Å²) in [7, 11) is 0. The topological polar surface area (TPSA) is 136 Å². The Kier molecular flexibility index (Phi) is 11.1. The Morgan fingerprint density at radius 1 is 0.913 bits per heavy atom. The van der Waals surface area contributed by atoms with Crippen LogP contribution in [-0.2, 0) is 27.0 Å². The number of nitrogens with one attached hydrogen (secondary N) is 3. The van der Waals surface area contributed by atoms with Gasteiger partial charge in [0, 0.05) is 31.5 Å². The third-order valence-electron chi connectivity index (χ3n) is 6.31. The Labute approximate surface area is 257 Å². The first kappa shape index (κ1) is 34.0. The summed E-state index contributed by atoms with van der Waals surface area (Å²) in [5, 5.41) is 7.32. The van der Waals surface area contributed by atoms with E-state index in [0.717, 1.165) is 36.4 Å². The predicted octanol–water partition coefficient (Wildman–Crippen LogP) is 4.10. The van der Waals surface area contributed by atoms with Crippen molar-refractivity contribution in [3.63, 3.8) is 0 Å². The summed E-state index contributed by atoms with van der Waals surface area (Å²) in [6.45, 7) is 1.93. The van der Waals surface area contributed by atoms with E-state index in [1.54, 1.807) is 0 Å². The van der Waals surface area contributed by atoms with Crippen LogP contribution in [0.25, 0.3) is 0 Å². The first-order valence-corrected chi connectivity index (χ1v) is 13.7. The fourth-order valence-electron chi connectivity index (χ4n) is 4.19. The molecule has 4 rings (SSSR count). The number of benzene rings is 2. The highest BCUT2D eigenvalue weighted by Crippen LogP contribution is 2.29. The molecule has 0 radical (unpaired) electrons. The molecule has 1 aliphatic rings. The van der Waals surface area contributed by atoms with Crippen molar-refractivity contribution in [3.8, 4) is 5.75 Å². The number of amides is 3.